The van der Waals surface area contributed by atoms with E-state index in [2.05, 4.69) is 68.4 Å². The molecule has 0 bridgehead atoms. The minimum Gasteiger partial charge on any atom is -0.493 e. The maximum Gasteiger partial charge on any atom is 0.230 e. The van der Waals surface area contributed by atoms with Crippen LogP contribution in [0.5, 0.6) is 11.5 Å². The number of aromatic amines is 1. The number of rotatable bonds is 8. The lowest BCUT2D eigenvalue weighted by molar-refractivity contribution is -0.133. The van der Waals surface area contributed by atoms with E-state index in [1.165, 1.54) is 5.56 Å². The molecule has 9 nitrogen and oxygen atoms in total. The molecule has 2 fully saturated rings. The van der Waals surface area contributed by atoms with Crippen molar-refractivity contribution in [2.45, 2.75) is 44.8 Å². The van der Waals surface area contributed by atoms with E-state index in [4.69, 9.17) is 9.47 Å². The maximum absolute atomic E-state index is 13.4. The van der Waals surface area contributed by atoms with Gasteiger partial charge in [0, 0.05) is 44.5 Å². The number of piperazine rings is 1. The number of piperidine rings is 1. The molecule has 9 heteroatoms. The fourth-order valence-corrected chi connectivity index (χ4v) is 5.43. The van der Waals surface area contributed by atoms with Crippen molar-refractivity contribution in [3.05, 3.63) is 65.7 Å². The van der Waals surface area contributed by atoms with Crippen LogP contribution in [0.2, 0.25) is 0 Å². The lowest BCUT2D eigenvalue weighted by Gasteiger charge is -2.43. The highest BCUT2D eigenvalue weighted by Crippen LogP contribution is 2.35. The van der Waals surface area contributed by atoms with Crippen LogP contribution in [0, 0.1) is 6.92 Å². The Morgan fingerprint density at radius 2 is 1.82 bits per heavy atom. The molecule has 0 aliphatic carbocycles. The van der Waals surface area contributed by atoms with Gasteiger partial charge in [-0.1, -0.05) is 30.3 Å². The van der Waals surface area contributed by atoms with Gasteiger partial charge in [-0.25, -0.2) is 0 Å². The van der Waals surface area contributed by atoms with Gasteiger partial charge in [0.1, 0.15) is 17.8 Å². The molecule has 0 saturated carbocycles. The molecular formula is C29H38N6O3. The van der Waals surface area contributed by atoms with Crippen LogP contribution < -0.4 is 14.4 Å². The van der Waals surface area contributed by atoms with Crippen LogP contribution >= 0.6 is 0 Å². The molecule has 0 spiro atoms. The number of carbonyl (C=O) groups is 1. The Labute approximate surface area is 224 Å². The van der Waals surface area contributed by atoms with Gasteiger partial charge in [-0.15, -0.1) is 10.2 Å². The van der Waals surface area contributed by atoms with Crippen molar-refractivity contribution in [3.63, 3.8) is 0 Å². The lowest BCUT2D eigenvalue weighted by atomic mass is 10.0. The molecule has 2 saturated heterocycles. The van der Waals surface area contributed by atoms with E-state index in [0.717, 1.165) is 68.5 Å². The fraction of sp³-hybridized carbons (Fsp3) is 0.483. The Hall–Kier alpha value is -3.59. The summed E-state index contributed by atoms with van der Waals surface area (Å²) in [7, 11) is 3.84. The van der Waals surface area contributed by atoms with Crippen LogP contribution in [-0.4, -0.2) is 89.9 Å². The number of hydrogen-bond acceptors (Lipinski definition) is 7. The van der Waals surface area contributed by atoms with E-state index in [1.54, 1.807) is 7.11 Å². The number of H-pyrrole nitrogens is 1. The summed E-state index contributed by atoms with van der Waals surface area (Å²) >= 11 is 0. The normalized spacial score (nSPS) is 19.0. The van der Waals surface area contributed by atoms with Crippen LogP contribution in [-0.2, 0) is 17.6 Å². The number of hydrogen-bond donors (Lipinski definition) is 1. The zero-order valence-corrected chi connectivity index (χ0v) is 22.6. The SMILES string of the molecule is COc1ccc(N2CCN(C(=O)Cc3nnc(C)[nH]3)[C@@H](Cc3ccccc3)C2)cc1OC1CCN(C)CC1. The van der Waals surface area contributed by atoms with Gasteiger partial charge in [-0.2, -0.15) is 0 Å². The van der Waals surface area contributed by atoms with E-state index in [9.17, 15) is 4.79 Å². The molecule has 5 rings (SSSR count). The van der Waals surface area contributed by atoms with Crippen LogP contribution in [0.3, 0.4) is 0 Å². The van der Waals surface area contributed by atoms with Gasteiger partial charge in [0.2, 0.25) is 5.91 Å². The third kappa shape index (κ3) is 6.27. The molecule has 3 aromatic rings. The summed E-state index contributed by atoms with van der Waals surface area (Å²) < 4.78 is 12.1. The fourth-order valence-electron chi connectivity index (χ4n) is 5.43. The number of benzene rings is 2. The van der Waals surface area contributed by atoms with Crippen molar-refractivity contribution >= 4 is 11.6 Å². The van der Waals surface area contributed by atoms with Crippen LogP contribution in [0.15, 0.2) is 48.5 Å². The number of methoxy groups -OCH3 is 1. The largest absolute Gasteiger partial charge is 0.493 e. The van der Waals surface area contributed by atoms with Gasteiger partial charge in [-0.3, -0.25) is 4.79 Å². The molecule has 1 aromatic heterocycles. The number of anilines is 1. The van der Waals surface area contributed by atoms with Gasteiger partial charge in [0.25, 0.3) is 0 Å². The van der Waals surface area contributed by atoms with Gasteiger partial charge in [0.05, 0.1) is 19.6 Å². The highest BCUT2D eigenvalue weighted by molar-refractivity contribution is 5.78. The average Bonchev–Trinajstić information content (AvgIpc) is 3.34. The minimum absolute atomic E-state index is 0.0306. The highest BCUT2D eigenvalue weighted by atomic mass is 16.5. The average molecular weight is 519 g/mol. The second kappa shape index (κ2) is 11.9. The summed E-state index contributed by atoms with van der Waals surface area (Å²) in [4.78, 5) is 23.2. The molecule has 0 radical (unpaired) electrons. The van der Waals surface area contributed by atoms with Crippen molar-refractivity contribution in [2.24, 2.45) is 0 Å². The Morgan fingerprint density at radius 1 is 1.03 bits per heavy atom. The Kier molecular flexibility index (Phi) is 8.12. The predicted molar refractivity (Wildman–Crippen MR) is 147 cm³/mol. The first kappa shape index (κ1) is 26.0. The number of aryl methyl sites for hydroxylation is 1. The Bertz CT molecular complexity index is 1210. The zero-order valence-electron chi connectivity index (χ0n) is 22.6. The second-order valence-electron chi connectivity index (χ2n) is 10.4. The molecule has 2 aromatic carbocycles. The number of nitrogens with zero attached hydrogens (tertiary/aromatic N) is 5. The number of ether oxygens (including phenoxy) is 2. The molecule has 1 N–H and O–H groups in total. The van der Waals surface area contributed by atoms with Crippen molar-refractivity contribution in [3.8, 4) is 11.5 Å². The van der Waals surface area contributed by atoms with E-state index in [-0.39, 0.29) is 24.5 Å². The molecule has 1 amide bonds. The Morgan fingerprint density at radius 3 is 2.53 bits per heavy atom. The third-order valence-corrected chi connectivity index (χ3v) is 7.55. The van der Waals surface area contributed by atoms with E-state index < -0.39 is 0 Å². The standard InChI is InChI=1S/C29H38N6O3/c1-21-30-28(32-31-21)19-29(36)35-16-15-34(20-24(35)17-22-7-5-4-6-8-22)23-9-10-26(37-3)27(18-23)38-25-11-13-33(2)14-12-25/h4-10,18,24-25H,11-17,19-20H2,1-3H3,(H,30,31,32)/t24-/m0/s1. The summed E-state index contributed by atoms with van der Waals surface area (Å²) in [6.45, 7) is 6.04. The third-order valence-electron chi connectivity index (χ3n) is 7.55. The number of amides is 1. The highest BCUT2D eigenvalue weighted by Gasteiger charge is 2.32. The van der Waals surface area contributed by atoms with E-state index in [1.807, 2.05) is 24.0 Å². The lowest BCUT2D eigenvalue weighted by Crippen LogP contribution is -2.56. The molecular weight excluding hydrogens is 480 g/mol. The molecule has 202 valence electrons. The summed E-state index contributed by atoms with van der Waals surface area (Å²) in [5, 5.41) is 8.12. The van der Waals surface area contributed by atoms with Crippen LogP contribution in [0.4, 0.5) is 5.69 Å². The number of nitrogens with one attached hydrogen (secondary N) is 1. The molecule has 1 atom stereocenters. The quantitative estimate of drug-likeness (QED) is 0.490. The summed E-state index contributed by atoms with van der Waals surface area (Å²) in [5.74, 6) is 2.95. The molecule has 0 unspecified atom stereocenters. The predicted octanol–water partition coefficient (Wildman–Crippen LogP) is 3.10. The Balaban J connectivity index is 1.34. The number of likely N-dealkylation sites (tertiary alicyclic amines) is 1. The van der Waals surface area contributed by atoms with Crippen molar-refractivity contribution in [1.29, 1.82) is 0 Å². The van der Waals surface area contributed by atoms with Crippen LogP contribution in [0.1, 0.15) is 30.1 Å². The molecule has 2 aliphatic rings. The number of carbonyl (C=O) groups excluding carboxylic acids is 1. The maximum atomic E-state index is 13.4. The van der Waals surface area contributed by atoms with Crippen molar-refractivity contribution in [2.75, 3.05) is 51.8 Å². The topological polar surface area (TPSA) is 86.8 Å². The van der Waals surface area contributed by atoms with Crippen molar-refractivity contribution in [1.82, 2.24) is 25.0 Å². The van der Waals surface area contributed by atoms with Gasteiger partial charge in [-0.05, 0) is 50.9 Å². The first-order chi connectivity index (χ1) is 18.5. The molecule has 3 heterocycles. The van der Waals surface area contributed by atoms with Crippen molar-refractivity contribution < 1.29 is 14.3 Å². The summed E-state index contributed by atoms with van der Waals surface area (Å²) in [6.07, 6.45) is 3.22. The second-order valence-corrected chi connectivity index (χ2v) is 10.4. The van der Waals surface area contributed by atoms with E-state index in [0.29, 0.717) is 12.4 Å². The summed E-state index contributed by atoms with van der Waals surface area (Å²) in [5.41, 5.74) is 2.30. The molecule has 2 aliphatic heterocycles. The zero-order chi connectivity index (χ0) is 26.5. The summed E-state index contributed by atoms with van der Waals surface area (Å²) in [6, 6.07) is 16.6. The van der Waals surface area contributed by atoms with Gasteiger partial charge in [0.15, 0.2) is 11.5 Å². The smallest absolute Gasteiger partial charge is 0.230 e. The van der Waals surface area contributed by atoms with E-state index >= 15 is 0 Å². The number of aromatic nitrogens is 3. The monoisotopic (exact) mass is 518 g/mol. The minimum atomic E-state index is 0.0306. The first-order valence-corrected chi connectivity index (χ1v) is 13.5. The van der Waals surface area contributed by atoms with Gasteiger partial charge < -0.3 is 29.2 Å². The first-order valence-electron chi connectivity index (χ1n) is 13.5. The van der Waals surface area contributed by atoms with Crippen LogP contribution in [0.25, 0.3) is 0 Å². The molecule has 38 heavy (non-hydrogen) atoms. The van der Waals surface area contributed by atoms with Gasteiger partial charge >= 0.3 is 0 Å².